The summed E-state index contributed by atoms with van der Waals surface area (Å²) in [5.74, 6) is 0.199. The van der Waals surface area contributed by atoms with Crippen LogP contribution in [0.4, 0.5) is 17.2 Å². The van der Waals surface area contributed by atoms with Crippen LogP contribution < -0.4 is 10.6 Å². The van der Waals surface area contributed by atoms with E-state index in [1.807, 2.05) is 13.1 Å². The fraction of sp³-hybridized carbons (Fsp3) is 0.118. The van der Waals surface area contributed by atoms with E-state index in [1.54, 1.807) is 47.4 Å². The molecule has 0 saturated carbocycles. The van der Waals surface area contributed by atoms with E-state index in [0.29, 0.717) is 21.6 Å². The second-order valence-corrected chi connectivity index (χ2v) is 6.00. The van der Waals surface area contributed by atoms with Crippen molar-refractivity contribution in [3.8, 4) is 0 Å². The Morgan fingerprint density at radius 1 is 1.20 bits per heavy atom. The molecular formula is C17H15Cl2N5O. The van der Waals surface area contributed by atoms with Gasteiger partial charge in [0.2, 0.25) is 0 Å². The third-order valence-corrected chi connectivity index (χ3v) is 4.07. The smallest absolute Gasteiger partial charge is 0.258 e. The van der Waals surface area contributed by atoms with Crippen LogP contribution >= 0.6 is 23.2 Å². The highest BCUT2D eigenvalue weighted by molar-refractivity contribution is 6.40. The highest BCUT2D eigenvalue weighted by atomic mass is 35.5. The molecule has 0 saturated heterocycles. The van der Waals surface area contributed by atoms with E-state index < -0.39 is 0 Å². The van der Waals surface area contributed by atoms with Crippen molar-refractivity contribution >= 4 is 46.3 Å². The van der Waals surface area contributed by atoms with Gasteiger partial charge in [-0.15, -0.1) is 0 Å². The Morgan fingerprint density at radius 3 is 2.64 bits per heavy atom. The monoisotopic (exact) mass is 375 g/mol. The van der Waals surface area contributed by atoms with Gasteiger partial charge in [0.05, 0.1) is 27.5 Å². The van der Waals surface area contributed by atoms with Crippen molar-refractivity contribution in [2.75, 3.05) is 10.6 Å². The maximum Gasteiger partial charge on any atom is 0.258 e. The molecule has 0 aliphatic rings. The van der Waals surface area contributed by atoms with Gasteiger partial charge >= 0.3 is 0 Å². The number of amides is 1. The Hall–Kier alpha value is -2.57. The molecule has 2 heterocycles. The molecule has 3 aromatic rings. The van der Waals surface area contributed by atoms with Gasteiger partial charge in [-0.25, -0.2) is 4.98 Å². The van der Waals surface area contributed by atoms with Crippen molar-refractivity contribution in [3.05, 3.63) is 64.5 Å². The highest BCUT2D eigenvalue weighted by Gasteiger charge is 2.15. The summed E-state index contributed by atoms with van der Waals surface area (Å²) in [4.78, 5) is 16.7. The van der Waals surface area contributed by atoms with Crippen molar-refractivity contribution in [1.29, 1.82) is 0 Å². The lowest BCUT2D eigenvalue weighted by atomic mass is 10.2. The number of hydrogen-bond donors (Lipinski definition) is 2. The largest absolute Gasteiger partial charge is 0.338 e. The first-order valence-corrected chi connectivity index (χ1v) is 8.33. The normalized spacial score (nSPS) is 10.5. The molecule has 2 aromatic heterocycles. The van der Waals surface area contributed by atoms with Gasteiger partial charge in [-0.1, -0.05) is 29.3 Å². The molecule has 0 atom stereocenters. The zero-order chi connectivity index (χ0) is 17.8. The van der Waals surface area contributed by atoms with Gasteiger partial charge in [0, 0.05) is 30.7 Å². The number of aromatic nitrogens is 3. The molecule has 1 amide bonds. The van der Waals surface area contributed by atoms with Crippen molar-refractivity contribution in [2.45, 2.75) is 13.5 Å². The van der Waals surface area contributed by atoms with E-state index in [-0.39, 0.29) is 11.5 Å². The number of carbonyl (C=O) groups is 1. The van der Waals surface area contributed by atoms with Crippen LogP contribution in [-0.4, -0.2) is 20.7 Å². The van der Waals surface area contributed by atoms with E-state index in [4.69, 9.17) is 23.2 Å². The molecule has 3 rings (SSSR count). The summed E-state index contributed by atoms with van der Waals surface area (Å²) in [6, 6.07) is 8.32. The zero-order valence-electron chi connectivity index (χ0n) is 13.3. The molecule has 25 heavy (non-hydrogen) atoms. The SMILES string of the molecule is CCn1cc(Nc2cc(NC(=O)c3c(Cl)cccc3Cl)ccn2)cn1. The summed E-state index contributed by atoms with van der Waals surface area (Å²) in [5.41, 5.74) is 1.62. The molecular weight excluding hydrogens is 361 g/mol. The standard InChI is InChI=1S/C17H15Cl2N5O/c1-2-24-10-12(9-21-24)22-15-8-11(6-7-20-15)23-17(25)16-13(18)4-3-5-14(16)19/h3-10H,2H2,1H3,(H2,20,22,23,25). The summed E-state index contributed by atoms with van der Waals surface area (Å²) in [5, 5.41) is 10.7. The molecule has 2 N–H and O–H groups in total. The Labute approximate surface area is 154 Å². The summed E-state index contributed by atoms with van der Waals surface area (Å²) < 4.78 is 1.80. The number of halogens is 2. The zero-order valence-corrected chi connectivity index (χ0v) is 14.8. The lowest BCUT2D eigenvalue weighted by Crippen LogP contribution is -2.13. The Bertz CT molecular complexity index is 889. The number of nitrogens with zero attached hydrogens (tertiary/aromatic N) is 3. The fourth-order valence-electron chi connectivity index (χ4n) is 2.23. The van der Waals surface area contributed by atoms with E-state index in [2.05, 4.69) is 20.7 Å². The summed E-state index contributed by atoms with van der Waals surface area (Å²) in [6.45, 7) is 2.79. The number of nitrogens with one attached hydrogen (secondary N) is 2. The number of carbonyl (C=O) groups excluding carboxylic acids is 1. The van der Waals surface area contributed by atoms with Gasteiger partial charge in [0.15, 0.2) is 0 Å². The lowest BCUT2D eigenvalue weighted by Gasteiger charge is -2.09. The minimum atomic E-state index is -0.383. The van der Waals surface area contributed by atoms with Crippen LogP contribution in [0.3, 0.4) is 0 Å². The van der Waals surface area contributed by atoms with Crippen LogP contribution in [0.25, 0.3) is 0 Å². The van der Waals surface area contributed by atoms with Crippen LogP contribution in [0.1, 0.15) is 17.3 Å². The third-order valence-electron chi connectivity index (χ3n) is 3.44. The number of pyridine rings is 1. The van der Waals surface area contributed by atoms with E-state index in [9.17, 15) is 4.79 Å². The first-order valence-electron chi connectivity index (χ1n) is 7.57. The average Bonchev–Trinajstić information content (AvgIpc) is 3.02. The van der Waals surface area contributed by atoms with E-state index >= 15 is 0 Å². The van der Waals surface area contributed by atoms with Crippen LogP contribution in [-0.2, 0) is 6.54 Å². The second kappa shape index (κ2) is 7.55. The maximum atomic E-state index is 12.4. The van der Waals surface area contributed by atoms with Crippen molar-refractivity contribution < 1.29 is 4.79 Å². The van der Waals surface area contributed by atoms with Gasteiger partial charge in [0.1, 0.15) is 5.82 Å². The summed E-state index contributed by atoms with van der Waals surface area (Å²) in [7, 11) is 0. The number of rotatable bonds is 5. The highest BCUT2D eigenvalue weighted by Crippen LogP contribution is 2.25. The Morgan fingerprint density at radius 2 is 1.96 bits per heavy atom. The quantitative estimate of drug-likeness (QED) is 0.683. The predicted octanol–water partition coefficient (Wildman–Crippen LogP) is 4.60. The minimum absolute atomic E-state index is 0.237. The number of hydrogen-bond acceptors (Lipinski definition) is 4. The summed E-state index contributed by atoms with van der Waals surface area (Å²) in [6.07, 6.45) is 5.17. The fourth-order valence-corrected chi connectivity index (χ4v) is 2.80. The molecule has 0 bridgehead atoms. The molecule has 0 radical (unpaired) electrons. The first-order chi connectivity index (χ1) is 12.1. The van der Waals surface area contributed by atoms with Gasteiger partial charge in [-0.3, -0.25) is 9.48 Å². The molecule has 6 nitrogen and oxygen atoms in total. The topological polar surface area (TPSA) is 71.8 Å². The van der Waals surface area contributed by atoms with E-state index in [0.717, 1.165) is 12.2 Å². The van der Waals surface area contributed by atoms with Crippen molar-refractivity contribution in [1.82, 2.24) is 14.8 Å². The van der Waals surface area contributed by atoms with Crippen molar-refractivity contribution in [2.24, 2.45) is 0 Å². The summed E-state index contributed by atoms with van der Waals surface area (Å²) >= 11 is 12.1. The predicted molar refractivity (Wildman–Crippen MR) is 99.8 cm³/mol. The van der Waals surface area contributed by atoms with Gasteiger partial charge < -0.3 is 10.6 Å². The Balaban J connectivity index is 1.76. The first kappa shape index (κ1) is 17.3. The van der Waals surface area contributed by atoms with Gasteiger partial charge in [-0.2, -0.15) is 5.10 Å². The minimum Gasteiger partial charge on any atom is -0.338 e. The number of aryl methyl sites for hydroxylation is 1. The molecule has 0 unspecified atom stereocenters. The maximum absolute atomic E-state index is 12.4. The number of anilines is 3. The van der Waals surface area contributed by atoms with E-state index in [1.165, 1.54) is 0 Å². The Kier molecular flexibility index (Phi) is 5.21. The average molecular weight is 376 g/mol. The van der Waals surface area contributed by atoms with Crippen LogP contribution in [0.2, 0.25) is 10.0 Å². The van der Waals surface area contributed by atoms with Crippen LogP contribution in [0.15, 0.2) is 48.9 Å². The molecule has 128 valence electrons. The van der Waals surface area contributed by atoms with Crippen LogP contribution in [0, 0.1) is 0 Å². The van der Waals surface area contributed by atoms with Crippen LogP contribution in [0.5, 0.6) is 0 Å². The third kappa shape index (κ3) is 4.10. The van der Waals surface area contributed by atoms with Gasteiger partial charge in [0.25, 0.3) is 5.91 Å². The molecule has 1 aromatic carbocycles. The number of benzene rings is 1. The molecule has 0 aliphatic carbocycles. The second-order valence-electron chi connectivity index (χ2n) is 5.19. The molecule has 8 heteroatoms. The molecule has 0 fully saturated rings. The molecule has 0 aliphatic heterocycles. The van der Waals surface area contributed by atoms with Crippen molar-refractivity contribution in [3.63, 3.8) is 0 Å². The molecule has 0 spiro atoms. The van der Waals surface area contributed by atoms with Gasteiger partial charge in [-0.05, 0) is 25.1 Å². The lowest BCUT2D eigenvalue weighted by molar-refractivity contribution is 0.102.